The molecule has 1 nitrogen and oxygen atoms in total. The van der Waals surface area contributed by atoms with Gasteiger partial charge in [0.05, 0.1) is 0 Å². The molecule has 1 aliphatic rings. The van der Waals surface area contributed by atoms with Crippen molar-refractivity contribution in [2.45, 2.75) is 41.7 Å². The van der Waals surface area contributed by atoms with Crippen molar-refractivity contribution in [1.82, 2.24) is 4.98 Å². The molecule has 1 heterocycles. The van der Waals surface area contributed by atoms with E-state index in [1.807, 2.05) is 11.8 Å². The molecule has 1 fully saturated rings. The molecule has 4 heteroatoms. The van der Waals surface area contributed by atoms with Crippen LogP contribution in [0.25, 0.3) is 0 Å². The number of hydrogen-bond acceptors (Lipinski definition) is 3. The number of hydrogen-bond donors (Lipinski definition) is 0. The monoisotopic (exact) mass is 277 g/mol. The van der Waals surface area contributed by atoms with Gasteiger partial charge in [0.25, 0.3) is 0 Å². The highest BCUT2D eigenvalue weighted by Crippen LogP contribution is 2.35. The summed E-state index contributed by atoms with van der Waals surface area (Å²) in [4.78, 5) is 4.40. The van der Waals surface area contributed by atoms with E-state index < -0.39 is 0 Å². The summed E-state index contributed by atoms with van der Waals surface area (Å²) in [7, 11) is 0. The van der Waals surface area contributed by atoms with Crippen LogP contribution < -0.4 is 0 Å². The number of thiazole rings is 1. The first-order valence-corrected chi connectivity index (χ1v) is 7.17. The molecule has 1 saturated carbocycles. The Labute approximate surface area is 95.5 Å². The molecule has 0 bridgehead atoms. The van der Waals surface area contributed by atoms with Crippen molar-refractivity contribution in [3.05, 3.63) is 9.98 Å². The second-order valence-corrected chi connectivity index (χ2v) is 6.53. The van der Waals surface area contributed by atoms with E-state index in [4.69, 9.17) is 0 Å². The van der Waals surface area contributed by atoms with Crippen LogP contribution in [0.1, 0.15) is 32.1 Å². The third kappa shape index (κ3) is 2.96. The average Bonchev–Trinajstić information content (AvgIpc) is 2.53. The van der Waals surface area contributed by atoms with E-state index in [9.17, 15) is 0 Å². The van der Waals surface area contributed by atoms with Crippen molar-refractivity contribution < 1.29 is 0 Å². The molecule has 0 spiro atoms. The Hall–Kier alpha value is 0.460. The van der Waals surface area contributed by atoms with E-state index in [-0.39, 0.29) is 0 Å². The Morgan fingerprint density at radius 3 is 2.77 bits per heavy atom. The Morgan fingerprint density at radius 1 is 1.38 bits per heavy atom. The second-order valence-electron chi connectivity index (χ2n) is 3.31. The lowest BCUT2D eigenvalue weighted by molar-refractivity contribution is 0.516. The molecule has 72 valence electrons. The minimum absolute atomic E-state index is 0.826. The summed E-state index contributed by atoms with van der Waals surface area (Å²) in [6, 6.07) is 0. The third-order valence-corrected chi connectivity index (χ3v) is 5.29. The molecule has 1 aromatic heterocycles. The summed E-state index contributed by atoms with van der Waals surface area (Å²) < 4.78 is 2.20. The number of halogens is 1. The minimum atomic E-state index is 0.826. The van der Waals surface area contributed by atoms with Crippen molar-refractivity contribution in [3.63, 3.8) is 0 Å². The Kier molecular flexibility index (Phi) is 3.69. The first-order chi connectivity index (χ1) is 6.34. The van der Waals surface area contributed by atoms with Crippen LogP contribution >= 0.6 is 39.0 Å². The predicted octanol–water partition coefficient (Wildman–Crippen LogP) is 4.33. The smallest absolute Gasteiger partial charge is 0.151 e. The number of rotatable bonds is 2. The van der Waals surface area contributed by atoms with E-state index >= 15 is 0 Å². The van der Waals surface area contributed by atoms with Gasteiger partial charge in [-0.1, -0.05) is 31.0 Å². The maximum absolute atomic E-state index is 4.40. The first-order valence-electron chi connectivity index (χ1n) is 4.62. The molecular weight excluding hydrogens is 266 g/mol. The highest BCUT2D eigenvalue weighted by atomic mass is 79.9. The molecule has 0 unspecified atom stereocenters. The summed E-state index contributed by atoms with van der Waals surface area (Å²) in [5, 5.41) is 2.89. The fourth-order valence-electron chi connectivity index (χ4n) is 1.62. The van der Waals surface area contributed by atoms with Gasteiger partial charge < -0.3 is 0 Å². The Balaban J connectivity index is 1.89. The van der Waals surface area contributed by atoms with E-state index in [2.05, 4.69) is 26.3 Å². The zero-order valence-corrected chi connectivity index (χ0v) is 10.6. The van der Waals surface area contributed by atoms with Gasteiger partial charge in [0.15, 0.2) is 4.34 Å². The summed E-state index contributed by atoms with van der Waals surface area (Å²) in [5.74, 6) is 0. The summed E-state index contributed by atoms with van der Waals surface area (Å²) in [5.41, 5.74) is 0. The highest BCUT2D eigenvalue weighted by molar-refractivity contribution is 9.10. The quantitative estimate of drug-likeness (QED) is 0.798. The lowest BCUT2D eigenvalue weighted by Gasteiger charge is -2.19. The van der Waals surface area contributed by atoms with Crippen molar-refractivity contribution in [3.8, 4) is 0 Å². The van der Waals surface area contributed by atoms with Gasteiger partial charge in [0, 0.05) is 10.6 Å². The van der Waals surface area contributed by atoms with Crippen molar-refractivity contribution in [1.29, 1.82) is 0 Å². The molecule has 0 aromatic carbocycles. The van der Waals surface area contributed by atoms with E-state index in [0.717, 1.165) is 9.85 Å². The van der Waals surface area contributed by atoms with E-state index in [0.29, 0.717) is 0 Å². The minimum Gasteiger partial charge on any atom is -0.223 e. The van der Waals surface area contributed by atoms with Crippen LogP contribution in [0.4, 0.5) is 0 Å². The zero-order chi connectivity index (χ0) is 9.10. The zero-order valence-electron chi connectivity index (χ0n) is 7.33. The molecule has 0 saturated heterocycles. The number of thioether (sulfide) groups is 1. The summed E-state index contributed by atoms with van der Waals surface area (Å²) >= 11 is 7.09. The van der Waals surface area contributed by atoms with Gasteiger partial charge in [0.1, 0.15) is 4.60 Å². The molecule has 1 aliphatic carbocycles. The van der Waals surface area contributed by atoms with Crippen molar-refractivity contribution >= 4 is 39.0 Å². The normalized spacial score (nSPS) is 19.2. The van der Waals surface area contributed by atoms with Gasteiger partial charge >= 0.3 is 0 Å². The van der Waals surface area contributed by atoms with Gasteiger partial charge in [0.2, 0.25) is 0 Å². The first kappa shape index (κ1) is 9.99. The predicted molar refractivity (Wildman–Crippen MR) is 62.5 cm³/mol. The summed E-state index contributed by atoms with van der Waals surface area (Å²) in [6.45, 7) is 0. The van der Waals surface area contributed by atoms with Crippen LogP contribution in [-0.2, 0) is 0 Å². The molecule has 2 rings (SSSR count). The van der Waals surface area contributed by atoms with Crippen molar-refractivity contribution in [2.75, 3.05) is 0 Å². The van der Waals surface area contributed by atoms with Crippen LogP contribution in [0.5, 0.6) is 0 Å². The lowest BCUT2D eigenvalue weighted by atomic mass is 10.0. The SMILES string of the molecule is Brc1csc(SC2CCCCC2)n1. The van der Waals surface area contributed by atoms with Crippen LogP contribution in [0.3, 0.4) is 0 Å². The van der Waals surface area contributed by atoms with Crippen LogP contribution in [0.2, 0.25) is 0 Å². The van der Waals surface area contributed by atoms with Crippen LogP contribution in [-0.4, -0.2) is 10.2 Å². The maximum Gasteiger partial charge on any atom is 0.151 e. The van der Waals surface area contributed by atoms with Gasteiger partial charge in [-0.3, -0.25) is 0 Å². The molecule has 0 aliphatic heterocycles. The average molecular weight is 278 g/mol. The molecule has 13 heavy (non-hydrogen) atoms. The fourth-order valence-corrected chi connectivity index (χ4v) is 4.49. The molecule has 0 atom stereocenters. The Morgan fingerprint density at radius 2 is 2.15 bits per heavy atom. The van der Waals surface area contributed by atoms with Crippen LogP contribution in [0.15, 0.2) is 14.3 Å². The topological polar surface area (TPSA) is 12.9 Å². The van der Waals surface area contributed by atoms with Crippen LogP contribution in [0, 0.1) is 0 Å². The molecule has 0 N–H and O–H groups in total. The standard InChI is InChI=1S/C9H12BrNS2/c10-8-6-12-9(11-8)13-7-4-2-1-3-5-7/h6-7H,1-5H2. The van der Waals surface area contributed by atoms with Gasteiger partial charge in [-0.25, -0.2) is 4.98 Å². The van der Waals surface area contributed by atoms with Gasteiger partial charge in [-0.15, -0.1) is 11.3 Å². The maximum atomic E-state index is 4.40. The fraction of sp³-hybridized carbons (Fsp3) is 0.667. The largest absolute Gasteiger partial charge is 0.223 e. The molecule has 1 aromatic rings. The van der Waals surface area contributed by atoms with Gasteiger partial charge in [-0.2, -0.15) is 0 Å². The second kappa shape index (κ2) is 4.80. The van der Waals surface area contributed by atoms with E-state index in [1.165, 1.54) is 36.4 Å². The number of nitrogens with zero attached hydrogens (tertiary/aromatic N) is 1. The van der Waals surface area contributed by atoms with Gasteiger partial charge in [-0.05, 0) is 28.8 Å². The molecular formula is C9H12BrNS2. The third-order valence-electron chi connectivity index (χ3n) is 2.27. The Bertz CT molecular complexity index is 268. The molecule has 0 amide bonds. The highest BCUT2D eigenvalue weighted by Gasteiger charge is 2.15. The number of aromatic nitrogens is 1. The summed E-state index contributed by atoms with van der Waals surface area (Å²) in [6.07, 6.45) is 7.00. The lowest BCUT2D eigenvalue weighted by Crippen LogP contribution is -2.07. The van der Waals surface area contributed by atoms with E-state index in [1.54, 1.807) is 11.3 Å². The van der Waals surface area contributed by atoms with Crippen molar-refractivity contribution in [2.24, 2.45) is 0 Å². The molecule has 0 radical (unpaired) electrons.